The Bertz CT molecular complexity index is 472. The lowest BCUT2D eigenvalue weighted by Gasteiger charge is -2.19. The molecule has 2 aromatic rings. The van der Waals surface area contributed by atoms with Gasteiger partial charge in [0.15, 0.2) is 0 Å². The minimum absolute atomic E-state index is 0.173. The number of hydrogen-bond donors (Lipinski definition) is 0. The van der Waals surface area contributed by atoms with Gasteiger partial charge in [0.25, 0.3) is 0 Å². The predicted octanol–water partition coefficient (Wildman–Crippen LogP) is 4.63. The van der Waals surface area contributed by atoms with Crippen molar-refractivity contribution in [2.45, 2.75) is 26.2 Å². The third-order valence-electron chi connectivity index (χ3n) is 2.70. The molecular formula is C16H20FN. The summed E-state index contributed by atoms with van der Waals surface area (Å²) in [5.74, 6) is 0. The second-order valence-electron chi connectivity index (χ2n) is 5.05. The van der Waals surface area contributed by atoms with E-state index >= 15 is 0 Å². The summed E-state index contributed by atoms with van der Waals surface area (Å²) in [7, 11) is 0.500. The van der Waals surface area contributed by atoms with E-state index in [1.165, 1.54) is 11.1 Å². The van der Waals surface area contributed by atoms with E-state index in [2.05, 4.69) is 50.0 Å². The molecule has 1 aromatic carbocycles. The molecule has 0 aliphatic carbocycles. The average Bonchev–Trinajstić information content (AvgIpc) is 2.41. The number of hydrogen-bond acceptors (Lipinski definition) is 1. The number of benzene rings is 1. The minimum atomic E-state index is 0.173. The summed E-state index contributed by atoms with van der Waals surface area (Å²) in [4.78, 5) is 4.42. The SMILES string of the molecule is CC(C)(C)c1ccnc(-c2ccccc2)c1.CF. The normalized spacial score (nSPS) is 10.5. The zero-order valence-corrected chi connectivity index (χ0v) is 11.4. The highest BCUT2D eigenvalue weighted by molar-refractivity contribution is 5.59. The Kier molecular flexibility index (Phi) is 5.02. The van der Waals surface area contributed by atoms with Gasteiger partial charge in [-0.15, -0.1) is 0 Å². The van der Waals surface area contributed by atoms with Crippen molar-refractivity contribution in [2.24, 2.45) is 0 Å². The smallest absolute Gasteiger partial charge is 0.0785 e. The average molecular weight is 245 g/mol. The van der Waals surface area contributed by atoms with Gasteiger partial charge in [-0.2, -0.15) is 0 Å². The molecule has 0 unspecified atom stereocenters. The van der Waals surface area contributed by atoms with E-state index in [0.717, 1.165) is 5.69 Å². The zero-order valence-electron chi connectivity index (χ0n) is 11.4. The molecule has 0 saturated carbocycles. The second-order valence-corrected chi connectivity index (χ2v) is 5.05. The van der Waals surface area contributed by atoms with E-state index in [-0.39, 0.29) is 5.41 Å². The summed E-state index contributed by atoms with van der Waals surface area (Å²) in [5, 5.41) is 0. The molecule has 1 heterocycles. The molecule has 96 valence electrons. The highest BCUT2D eigenvalue weighted by atomic mass is 19.1. The maximum absolute atomic E-state index is 9.50. The lowest BCUT2D eigenvalue weighted by atomic mass is 9.87. The Morgan fingerprint density at radius 3 is 2.11 bits per heavy atom. The van der Waals surface area contributed by atoms with Crippen LogP contribution in [0.25, 0.3) is 11.3 Å². The van der Waals surface area contributed by atoms with Crippen LogP contribution in [0.5, 0.6) is 0 Å². The van der Waals surface area contributed by atoms with Gasteiger partial charge in [-0.1, -0.05) is 51.1 Å². The van der Waals surface area contributed by atoms with Crippen LogP contribution in [0, 0.1) is 0 Å². The molecule has 0 amide bonds. The number of pyridine rings is 1. The fourth-order valence-corrected chi connectivity index (χ4v) is 1.66. The Hall–Kier alpha value is -1.70. The van der Waals surface area contributed by atoms with Gasteiger partial charge >= 0.3 is 0 Å². The standard InChI is InChI=1S/C15H17N.CH3F/c1-15(2,3)13-9-10-16-14(11-13)12-7-5-4-6-8-12;1-2/h4-11H,1-3H3;1H3. The maximum Gasteiger partial charge on any atom is 0.0785 e. The summed E-state index contributed by atoms with van der Waals surface area (Å²) in [6.07, 6.45) is 1.89. The highest BCUT2D eigenvalue weighted by Gasteiger charge is 2.14. The number of alkyl halides is 1. The maximum atomic E-state index is 9.50. The molecule has 0 aliphatic rings. The fourth-order valence-electron chi connectivity index (χ4n) is 1.66. The first-order chi connectivity index (χ1) is 8.57. The van der Waals surface area contributed by atoms with Crippen molar-refractivity contribution in [1.82, 2.24) is 4.98 Å². The summed E-state index contributed by atoms with van der Waals surface area (Å²) in [6.45, 7) is 6.66. The summed E-state index contributed by atoms with van der Waals surface area (Å²) in [6, 6.07) is 14.6. The van der Waals surface area contributed by atoms with E-state index in [0.29, 0.717) is 7.18 Å². The first kappa shape index (κ1) is 14.4. The van der Waals surface area contributed by atoms with Crippen molar-refractivity contribution >= 4 is 0 Å². The van der Waals surface area contributed by atoms with Crippen LogP contribution in [0.4, 0.5) is 4.39 Å². The van der Waals surface area contributed by atoms with Gasteiger partial charge in [0.1, 0.15) is 0 Å². The molecule has 0 aliphatic heterocycles. The van der Waals surface area contributed by atoms with Crippen LogP contribution in [0.1, 0.15) is 26.3 Å². The van der Waals surface area contributed by atoms with E-state index in [4.69, 9.17) is 0 Å². The van der Waals surface area contributed by atoms with E-state index in [1.54, 1.807) is 0 Å². The Labute approximate surface area is 109 Å². The van der Waals surface area contributed by atoms with Gasteiger partial charge < -0.3 is 0 Å². The van der Waals surface area contributed by atoms with Crippen molar-refractivity contribution in [2.75, 3.05) is 7.18 Å². The van der Waals surface area contributed by atoms with Crippen LogP contribution >= 0.6 is 0 Å². The topological polar surface area (TPSA) is 12.9 Å². The van der Waals surface area contributed by atoms with Gasteiger partial charge in [-0.3, -0.25) is 9.37 Å². The number of nitrogens with zero attached hydrogens (tertiary/aromatic N) is 1. The zero-order chi connectivity index (χ0) is 13.6. The van der Waals surface area contributed by atoms with Crippen molar-refractivity contribution in [3.8, 4) is 11.3 Å². The number of halogens is 1. The molecule has 1 nitrogen and oxygen atoms in total. The van der Waals surface area contributed by atoms with Crippen molar-refractivity contribution in [3.63, 3.8) is 0 Å². The van der Waals surface area contributed by atoms with Gasteiger partial charge in [0, 0.05) is 11.8 Å². The van der Waals surface area contributed by atoms with Crippen molar-refractivity contribution < 1.29 is 4.39 Å². The van der Waals surface area contributed by atoms with Gasteiger partial charge in [0.2, 0.25) is 0 Å². The number of rotatable bonds is 1. The first-order valence-electron chi connectivity index (χ1n) is 5.97. The number of aromatic nitrogens is 1. The molecule has 0 saturated heterocycles. The molecule has 2 rings (SSSR count). The van der Waals surface area contributed by atoms with Crippen LogP contribution < -0.4 is 0 Å². The third kappa shape index (κ3) is 3.66. The minimum Gasteiger partial charge on any atom is -0.256 e. The molecule has 0 radical (unpaired) electrons. The van der Waals surface area contributed by atoms with Crippen molar-refractivity contribution in [1.29, 1.82) is 0 Å². The lowest BCUT2D eigenvalue weighted by Crippen LogP contribution is -2.11. The van der Waals surface area contributed by atoms with Gasteiger partial charge in [0.05, 0.1) is 12.9 Å². The predicted molar refractivity (Wildman–Crippen MR) is 75.4 cm³/mol. The molecule has 0 fully saturated rings. The van der Waals surface area contributed by atoms with E-state index in [1.807, 2.05) is 24.4 Å². The highest BCUT2D eigenvalue weighted by Crippen LogP contribution is 2.25. The first-order valence-corrected chi connectivity index (χ1v) is 5.97. The Morgan fingerprint density at radius 2 is 1.56 bits per heavy atom. The Balaban J connectivity index is 0.000000771. The van der Waals surface area contributed by atoms with Gasteiger partial charge in [-0.25, -0.2) is 0 Å². The molecule has 0 N–H and O–H groups in total. The lowest BCUT2D eigenvalue weighted by molar-refractivity contribution is 0.589. The van der Waals surface area contributed by atoms with Gasteiger partial charge in [-0.05, 0) is 23.1 Å². The van der Waals surface area contributed by atoms with Crippen LogP contribution in [0.15, 0.2) is 48.7 Å². The molecule has 1 aromatic heterocycles. The quantitative estimate of drug-likeness (QED) is 0.713. The summed E-state index contributed by atoms with van der Waals surface area (Å²) >= 11 is 0. The van der Waals surface area contributed by atoms with Crippen LogP contribution in [0.3, 0.4) is 0 Å². The summed E-state index contributed by atoms with van der Waals surface area (Å²) in [5.41, 5.74) is 3.72. The van der Waals surface area contributed by atoms with E-state index in [9.17, 15) is 4.39 Å². The third-order valence-corrected chi connectivity index (χ3v) is 2.70. The largest absolute Gasteiger partial charge is 0.256 e. The van der Waals surface area contributed by atoms with Crippen molar-refractivity contribution in [3.05, 3.63) is 54.2 Å². The molecule has 0 atom stereocenters. The second kappa shape index (κ2) is 6.29. The molecule has 2 heteroatoms. The molecule has 0 bridgehead atoms. The molecular weight excluding hydrogens is 225 g/mol. The Morgan fingerprint density at radius 1 is 0.944 bits per heavy atom. The molecule has 18 heavy (non-hydrogen) atoms. The monoisotopic (exact) mass is 245 g/mol. The molecule has 0 spiro atoms. The summed E-state index contributed by atoms with van der Waals surface area (Å²) < 4.78 is 9.50. The van der Waals surface area contributed by atoms with Crippen LogP contribution in [-0.2, 0) is 5.41 Å². The van der Waals surface area contributed by atoms with Crippen LogP contribution in [0.2, 0.25) is 0 Å². The van der Waals surface area contributed by atoms with Crippen LogP contribution in [-0.4, -0.2) is 12.2 Å². The van der Waals surface area contributed by atoms with E-state index < -0.39 is 0 Å². The fraction of sp³-hybridized carbons (Fsp3) is 0.312.